The summed E-state index contributed by atoms with van der Waals surface area (Å²) in [6.07, 6.45) is -0.220. The molecule has 4 aromatic carbocycles. The maximum atomic E-state index is 14.5. The molecule has 13 nitrogen and oxygen atoms in total. The number of nitrogens with zero attached hydrogens (tertiary/aromatic N) is 3. The van der Waals surface area contributed by atoms with Crippen molar-refractivity contribution in [3.05, 3.63) is 99.1 Å². The molecule has 5 aliphatic rings. The fraction of sp³-hybridized carbons (Fsp3) is 0.449. The molecule has 0 radical (unpaired) electrons. The van der Waals surface area contributed by atoms with Crippen LogP contribution in [-0.4, -0.2) is 99.3 Å². The number of carbonyl (C=O) groups is 2. The number of hydrogen-bond acceptors (Lipinski definition) is 13. The zero-order valence-electron chi connectivity index (χ0n) is 36.9. The lowest BCUT2D eigenvalue weighted by molar-refractivity contribution is -0.150. The number of ether oxygens (including phenoxy) is 4. The third-order valence-corrected chi connectivity index (χ3v) is 15.1. The van der Waals surface area contributed by atoms with E-state index in [0.717, 1.165) is 11.1 Å². The number of rotatable bonds is 10. The van der Waals surface area contributed by atoms with Crippen LogP contribution in [-0.2, 0) is 26.2 Å². The van der Waals surface area contributed by atoms with Crippen LogP contribution in [0.3, 0.4) is 0 Å². The van der Waals surface area contributed by atoms with Crippen molar-refractivity contribution in [3.8, 4) is 45.9 Å². The van der Waals surface area contributed by atoms with Gasteiger partial charge in [0.2, 0.25) is 0 Å². The summed E-state index contributed by atoms with van der Waals surface area (Å²) in [7, 11) is 2.93. The van der Waals surface area contributed by atoms with Crippen LogP contribution in [0.25, 0.3) is 11.1 Å². The monoisotopic (exact) mass is 874 g/mol. The van der Waals surface area contributed by atoms with Gasteiger partial charge >= 0.3 is 12.1 Å². The van der Waals surface area contributed by atoms with Crippen molar-refractivity contribution in [2.45, 2.75) is 101 Å². The second kappa shape index (κ2) is 15.3. The number of phenols is 3. The second-order valence-electron chi connectivity index (χ2n) is 18.7. The predicted molar refractivity (Wildman–Crippen MR) is 237 cm³/mol. The van der Waals surface area contributed by atoms with Crippen LogP contribution in [0.5, 0.6) is 28.7 Å². The molecular formula is C49H54N4O9S. The first-order valence-corrected chi connectivity index (χ1v) is 22.5. The standard InChI is InChI=1S/C49H54N4O9S/c1-25-17-33-38(42(56)43(25)59-7)39-35-18-31-37(41(55)44(60-8)26(2)40(31)54)36(53(35)49(23-50)22-48(33,6)52(39)24-49)19-61-45(57)34(51-46(58)62-47(3,4)5)21-63-20-32-29-15-11-9-13-27(29)28-14-10-12-16-30(28)32/h9-17,32,34-36,39,54-56H,18-22,24H2,1-8H3,(H,51,58). The van der Waals surface area contributed by atoms with E-state index < -0.39 is 52.9 Å². The topological polar surface area (TPSA) is 174 Å². The molecule has 0 spiro atoms. The highest BCUT2D eigenvalue weighted by atomic mass is 32.2. The summed E-state index contributed by atoms with van der Waals surface area (Å²) in [4.78, 5) is 32.2. The van der Waals surface area contributed by atoms with Crippen molar-refractivity contribution in [1.29, 1.82) is 5.26 Å². The Labute approximate surface area is 371 Å². The van der Waals surface area contributed by atoms with Gasteiger partial charge in [-0.2, -0.15) is 17.0 Å². The Bertz CT molecular complexity index is 2560. The number of hydrogen-bond donors (Lipinski definition) is 4. The van der Waals surface area contributed by atoms with Crippen molar-refractivity contribution in [3.63, 3.8) is 0 Å². The number of piperazine rings is 1. The molecule has 6 atom stereocenters. The van der Waals surface area contributed by atoms with Gasteiger partial charge in [-0.05, 0) is 87.4 Å². The molecular weight excluding hydrogens is 821 g/mol. The minimum absolute atomic E-state index is 0.0300. The molecule has 6 unspecified atom stereocenters. The number of phenolic OH excluding ortho intramolecular Hbond substituents is 3. The molecule has 4 aliphatic heterocycles. The summed E-state index contributed by atoms with van der Waals surface area (Å²) < 4.78 is 23.2. The fourth-order valence-corrected chi connectivity index (χ4v) is 12.7. The van der Waals surface area contributed by atoms with E-state index in [1.54, 1.807) is 27.7 Å². The van der Waals surface area contributed by atoms with E-state index in [-0.39, 0.29) is 47.7 Å². The van der Waals surface area contributed by atoms with E-state index in [2.05, 4.69) is 47.5 Å². The fourth-order valence-electron chi connectivity index (χ4n) is 11.6. The average Bonchev–Trinajstić information content (AvgIpc) is 3.80. The van der Waals surface area contributed by atoms with Gasteiger partial charge in [0.05, 0.1) is 32.4 Å². The van der Waals surface area contributed by atoms with Crippen molar-refractivity contribution < 1.29 is 43.9 Å². The lowest BCUT2D eigenvalue weighted by Gasteiger charge is -2.55. The highest BCUT2D eigenvalue weighted by molar-refractivity contribution is 7.99. The Morgan fingerprint density at radius 1 is 0.968 bits per heavy atom. The number of thioether (sulfide) groups is 1. The number of nitrogens with one attached hydrogen (secondary N) is 1. The quantitative estimate of drug-likeness (QED) is 0.0905. The van der Waals surface area contributed by atoms with Crippen LogP contribution in [0.1, 0.15) is 96.6 Å². The van der Waals surface area contributed by atoms with Gasteiger partial charge in [-0.1, -0.05) is 48.5 Å². The molecule has 0 aromatic heterocycles. The van der Waals surface area contributed by atoms with Crippen LogP contribution in [0.2, 0.25) is 0 Å². The number of nitriles is 1. The Morgan fingerprint density at radius 2 is 1.60 bits per heavy atom. The first kappa shape index (κ1) is 42.7. The molecule has 63 heavy (non-hydrogen) atoms. The molecule has 14 heteroatoms. The predicted octanol–water partition coefficient (Wildman–Crippen LogP) is 7.64. The van der Waals surface area contributed by atoms with Gasteiger partial charge in [0, 0.05) is 64.2 Å². The Balaban J connectivity index is 1.07. The summed E-state index contributed by atoms with van der Waals surface area (Å²) in [6.45, 7) is 10.8. The molecule has 4 N–H and O–H groups in total. The minimum Gasteiger partial charge on any atom is -0.507 e. The minimum atomic E-state index is -1.14. The van der Waals surface area contributed by atoms with E-state index in [9.17, 15) is 30.2 Å². The van der Waals surface area contributed by atoms with Crippen LogP contribution in [0, 0.1) is 25.2 Å². The number of amides is 1. The average molecular weight is 875 g/mol. The van der Waals surface area contributed by atoms with Crippen molar-refractivity contribution >= 4 is 23.8 Å². The number of methoxy groups -OCH3 is 2. The molecule has 2 saturated heterocycles. The molecule has 0 saturated carbocycles. The Morgan fingerprint density at radius 3 is 2.22 bits per heavy atom. The molecule has 4 aromatic rings. The molecule has 1 amide bonds. The highest BCUT2D eigenvalue weighted by Gasteiger charge is 2.70. The molecule has 2 bridgehead atoms. The number of fused-ring (bicyclic) bond motifs is 11. The third kappa shape index (κ3) is 6.48. The van der Waals surface area contributed by atoms with Gasteiger partial charge in [0.1, 0.15) is 29.5 Å². The van der Waals surface area contributed by atoms with E-state index in [1.165, 1.54) is 48.2 Å². The van der Waals surface area contributed by atoms with E-state index in [4.69, 9.17) is 18.9 Å². The summed E-state index contributed by atoms with van der Waals surface area (Å²) in [5.41, 5.74) is 5.61. The first-order chi connectivity index (χ1) is 30.0. The Hall–Kier alpha value is -5.62. The van der Waals surface area contributed by atoms with Gasteiger partial charge in [0.15, 0.2) is 23.0 Å². The Kier molecular flexibility index (Phi) is 10.3. The SMILES string of the molecule is COc1c(C)cc2c(c1O)C1C3Cc4c(O)c(C)c(OC)c(O)c4C(COC(=O)C(CSCC4c5ccccc5-c5ccccc54)NC(=O)OC(C)(C)C)N3C3(C#N)CN1C2(C)C3. The van der Waals surface area contributed by atoms with Crippen molar-refractivity contribution in [2.24, 2.45) is 0 Å². The highest BCUT2D eigenvalue weighted by Crippen LogP contribution is 2.67. The van der Waals surface area contributed by atoms with Crippen LogP contribution >= 0.6 is 11.8 Å². The first-order valence-electron chi connectivity index (χ1n) is 21.4. The summed E-state index contributed by atoms with van der Waals surface area (Å²) in [6, 6.07) is 18.3. The van der Waals surface area contributed by atoms with Crippen LogP contribution in [0.15, 0.2) is 54.6 Å². The maximum absolute atomic E-state index is 14.5. The lowest BCUT2D eigenvalue weighted by atomic mass is 9.73. The van der Waals surface area contributed by atoms with Crippen LogP contribution < -0.4 is 14.8 Å². The third-order valence-electron chi connectivity index (χ3n) is 14.0. The molecule has 2 fully saturated rings. The number of alkyl carbamates (subject to hydrolysis) is 1. The normalized spacial score (nSPS) is 24.6. The van der Waals surface area contributed by atoms with E-state index >= 15 is 0 Å². The van der Waals surface area contributed by atoms with Crippen molar-refractivity contribution in [2.75, 3.05) is 38.9 Å². The second-order valence-corrected chi connectivity index (χ2v) is 19.8. The number of aromatic hydroxyl groups is 3. The maximum Gasteiger partial charge on any atom is 0.408 e. The van der Waals surface area contributed by atoms with Crippen molar-refractivity contribution in [1.82, 2.24) is 15.1 Å². The van der Waals surface area contributed by atoms with Gasteiger partial charge in [0.25, 0.3) is 0 Å². The zero-order chi connectivity index (χ0) is 44.9. The van der Waals surface area contributed by atoms with Gasteiger partial charge in [-0.3, -0.25) is 9.80 Å². The van der Waals surface area contributed by atoms with Gasteiger partial charge < -0.3 is 39.6 Å². The van der Waals surface area contributed by atoms with Crippen LogP contribution in [0.4, 0.5) is 4.79 Å². The number of benzene rings is 4. The summed E-state index contributed by atoms with van der Waals surface area (Å²) in [5.74, 6) is 0.329. The zero-order valence-corrected chi connectivity index (χ0v) is 37.7. The smallest absolute Gasteiger partial charge is 0.408 e. The number of carbonyl (C=O) groups excluding carboxylic acids is 2. The molecule has 4 heterocycles. The largest absolute Gasteiger partial charge is 0.507 e. The summed E-state index contributed by atoms with van der Waals surface area (Å²) >= 11 is 1.52. The number of esters is 1. The van der Waals surface area contributed by atoms with Gasteiger partial charge in [-0.15, -0.1) is 0 Å². The summed E-state index contributed by atoms with van der Waals surface area (Å²) in [5, 5.41) is 49.9. The molecule has 330 valence electrons. The van der Waals surface area contributed by atoms with Gasteiger partial charge in [-0.25, -0.2) is 9.59 Å². The number of aryl methyl sites for hydroxylation is 1. The lowest BCUT2D eigenvalue weighted by Crippen LogP contribution is -2.65. The van der Waals surface area contributed by atoms with E-state index in [0.29, 0.717) is 46.7 Å². The molecule has 9 rings (SSSR count). The van der Waals surface area contributed by atoms with E-state index in [1.807, 2.05) is 42.2 Å². The molecule has 1 aliphatic carbocycles.